The molecule has 2 heterocycles. The Morgan fingerprint density at radius 3 is 2.31 bits per heavy atom. The molecule has 2 aromatic carbocycles. The van der Waals surface area contributed by atoms with E-state index in [2.05, 4.69) is 29.2 Å². The number of hydrogen-bond acceptors (Lipinski definition) is 3. The lowest BCUT2D eigenvalue weighted by molar-refractivity contribution is -0.138. The van der Waals surface area contributed by atoms with E-state index in [1.165, 1.54) is 0 Å². The molecule has 0 bridgehead atoms. The molecule has 5 heteroatoms. The summed E-state index contributed by atoms with van der Waals surface area (Å²) in [7, 11) is 4.03. The van der Waals surface area contributed by atoms with E-state index in [-0.39, 0.29) is 5.91 Å². The second kappa shape index (κ2) is 8.21. The molecule has 150 valence electrons. The summed E-state index contributed by atoms with van der Waals surface area (Å²) in [5.41, 5.74) is 2.73. The molecule has 0 saturated carbocycles. The van der Waals surface area contributed by atoms with E-state index < -0.39 is 5.41 Å². The van der Waals surface area contributed by atoms with Crippen molar-refractivity contribution in [3.63, 3.8) is 0 Å². The third kappa shape index (κ3) is 3.96. The molecular formula is C24H28N4O. The Morgan fingerprint density at radius 2 is 1.66 bits per heavy atom. The molecule has 1 saturated heterocycles. The van der Waals surface area contributed by atoms with Gasteiger partial charge in [-0.25, -0.2) is 4.68 Å². The van der Waals surface area contributed by atoms with E-state index in [1.54, 1.807) is 0 Å². The molecule has 29 heavy (non-hydrogen) atoms. The Bertz CT molecular complexity index is 943. The van der Waals surface area contributed by atoms with Crippen molar-refractivity contribution in [2.45, 2.75) is 24.8 Å². The number of carbonyl (C=O) groups is 1. The van der Waals surface area contributed by atoms with Gasteiger partial charge in [0.1, 0.15) is 0 Å². The summed E-state index contributed by atoms with van der Waals surface area (Å²) in [6.45, 7) is 2.41. The van der Waals surface area contributed by atoms with Gasteiger partial charge in [-0.15, -0.1) is 0 Å². The van der Waals surface area contributed by atoms with E-state index in [4.69, 9.17) is 0 Å². The van der Waals surface area contributed by atoms with Crippen molar-refractivity contribution in [2.75, 3.05) is 27.2 Å². The lowest BCUT2D eigenvalue weighted by Crippen LogP contribution is -2.51. The highest BCUT2D eigenvalue weighted by molar-refractivity contribution is 5.88. The van der Waals surface area contributed by atoms with Gasteiger partial charge in [-0.05, 0) is 50.7 Å². The predicted molar refractivity (Wildman–Crippen MR) is 115 cm³/mol. The molecule has 1 aromatic heterocycles. The van der Waals surface area contributed by atoms with Crippen molar-refractivity contribution in [3.05, 3.63) is 84.2 Å². The van der Waals surface area contributed by atoms with Gasteiger partial charge in [0.2, 0.25) is 5.91 Å². The number of nitrogens with zero attached hydrogens (tertiary/aromatic N) is 4. The topological polar surface area (TPSA) is 41.4 Å². The van der Waals surface area contributed by atoms with Gasteiger partial charge in [0.05, 0.1) is 17.3 Å². The SMILES string of the molecule is CN1CCC(C(=O)N(C)Cc2cnn(-c3ccccc3)c2)(c2ccccc2)CC1. The molecule has 0 atom stereocenters. The van der Waals surface area contributed by atoms with E-state index in [1.807, 2.05) is 77.6 Å². The van der Waals surface area contributed by atoms with Crippen LogP contribution in [-0.4, -0.2) is 52.7 Å². The maximum Gasteiger partial charge on any atom is 0.233 e. The smallest absolute Gasteiger partial charge is 0.233 e. The molecule has 1 aliphatic heterocycles. The summed E-state index contributed by atoms with van der Waals surface area (Å²) in [4.78, 5) is 17.9. The highest BCUT2D eigenvalue weighted by Crippen LogP contribution is 2.37. The van der Waals surface area contributed by atoms with Crippen molar-refractivity contribution in [1.29, 1.82) is 0 Å². The molecule has 0 N–H and O–H groups in total. The largest absolute Gasteiger partial charge is 0.341 e. The minimum Gasteiger partial charge on any atom is -0.341 e. The molecule has 1 amide bonds. The zero-order valence-electron chi connectivity index (χ0n) is 17.2. The number of likely N-dealkylation sites (tertiary alicyclic amines) is 1. The quantitative estimate of drug-likeness (QED) is 0.672. The highest BCUT2D eigenvalue weighted by atomic mass is 16.2. The van der Waals surface area contributed by atoms with Crippen LogP contribution in [0.4, 0.5) is 0 Å². The van der Waals surface area contributed by atoms with Crippen LogP contribution >= 0.6 is 0 Å². The number of para-hydroxylation sites is 1. The Balaban J connectivity index is 1.55. The molecule has 4 rings (SSSR count). The highest BCUT2D eigenvalue weighted by Gasteiger charge is 2.43. The van der Waals surface area contributed by atoms with Crippen LogP contribution in [0.5, 0.6) is 0 Å². The van der Waals surface area contributed by atoms with Gasteiger partial charge in [-0.2, -0.15) is 5.10 Å². The van der Waals surface area contributed by atoms with E-state index in [0.717, 1.165) is 42.7 Å². The first kappa shape index (κ1) is 19.4. The first-order chi connectivity index (χ1) is 14.1. The number of aromatic nitrogens is 2. The number of amides is 1. The van der Waals surface area contributed by atoms with Crippen LogP contribution in [0.2, 0.25) is 0 Å². The monoisotopic (exact) mass is 388 g/mol. The number of benzene rings is 2. The first-order valence-electron chi connectivity index (χ1n) is 10.2. The average Bonchev–Trinajstić information content (AvgIpc) is 3.24. The van der Waals surface area contributed by atoms with Gasteiger partial charge in [0, 0.05) is 25.4 Å². The molecule has 1 aliphatic rings. The van der Waals surface area contributed by atoms with Crippen molar-refractivity contribution >= 4 is 5.91 Å². The predicted octanol–water partition coefficient (Wildman–Crippen LogP) is 3.49. The van der Waals surface area contributed by atoms with Crippen molar-refractivity contribution in [1.82, 2.24) is 19.6 Å². The molecular weight excluding hydrogens is 360 g/mol. The van der Waals surface area contributed by atoms with Gasteiger partial charge in [-0.1, -0.05) is 48.5 Å². The van der Waals surface area contributed by atoms with Crippen LogP contribution in [0.25, 0.3) is 5.69 Å². The van der Waals surface area contributed by atoms with E-state index in [0.29, 0.717) is 6.54 Å². The van der Waals surface area contributed by atoms with E-state index >= 15 is 0 Å². The fourth-order valence-corrected chi connectivity index (χ4v) is 4.26. The summed E-state index contributed by atoms with van der Waals surface area (Å²) in [5, 5.41) is 4.47. The lowest BCUT2D eigenvalue weighted by Gasteiger charge is -2.42. The van der Waals surface area contributed by atoms with Crippen LogP contribution < -0.4 is 0 Å². The Morgan fingerprint density at radius 1 is 1.03 bits per heavy atom. The van der Waals surface area contributed by atoms with Gasteiger partial charge >= 0.3 is 0 Å². The minimum atomic E-state index is -0.446. The van der Waals surface area contributed by atoms with Crippen molar-refractivity contribution < 1.29 is 4.79 Å². The third-order valence-corrected chi connectivity index (χ3v) is 6.00. The number of carbonyl (C=O) groups excluding carboxylic acids is 1. The summed E-state index contributed by atoms with van der Waals surface area (Å²) in [6, 6.07) is 20.3. The average molecular weight is 389 g/mol. The molecule has 3 aromatic rings. The van der Waals surface area contributed by atoms with Crippen molar-refractivity contribution in [3.8, 4) is 5.69 Å². The third-order valence-electron chi connectivity index (χ3n) is 6.00. The number of hydrogen-bond donors (Lipinski definition) is 0. The van der Waals surface area contributed by atoms with Crippen LogP contribution in [-0.2, 0) is 16.8 Å². The van der Waals surface area contributed by atoms with Crippen LogP contribution in [0, 0.1) is 0 Å². The summed E-state index contributed by atoms with van der Waals surface area (Å²) < 4.78 is 1.86. The molecule has 0 radical (unpaired) electrons. The number of likely N-dealkylation sites (N-methyl/N-ethyl adjacent to an activating group) is 1. The van der Waals surface area contributed by atoms with Gasteiger partial charge in [0.15, 0.2) is 0 Å². The standard InChI is InChI=1S/C24H28N4O/c1-26-15-13-24(14-16-26,21-9-5-3-6-10-21)23(29)27(2)18-20-17-25-28(19-20)22-11-7-4-8-12-22/h3-12,17,19H,13-16,18H2,1-2H3. The van der Waals surface area contributed by atoms with Gasteiger partial charge in [0.25, 0.3) is 0 Å². The molecule has 1 fully saturated rings. The zero-order valence-corrected chi connectivity index (χ0v) is 17.2. The second-order valence-corrected chi connectivity index (χ2v) is 8.04. The van der Waals surface area contributed by atoms with E-state index in [9.17, 15) is 4.79 Å². The zero-order chi connectivity index (χ0) is 20.3. The molecule has 0 unspecified atom stereocenters. The lowest BCUT2D eigenvalue weighted by atomic mass is 9.71. The van der Waals surface area contributed by atoms with Gasteiger partial charge in [-0.3, -0.25) is 4.79 Å². The maximum atomic E-state index is 13.7. The summed E-state index contributed by atoms with van der Waals surface area (Å²) >= 11 is 0. The molecule has 0 aliphatic carbocycles. The second-order valence-electron chi connectivity index (χ2n) is 8.04. The Labute approximate surface area is 172 Å². The van der Waals surface area contributed by atoms with Gasteiger partial charge < -0.3 is 9.80 Å². The first-order valence-corrected chi connectivity index (χ1v) is 10.2. The minimum absolute atomic E-state index is 0.198. The van der Waals surface area contributed by atoms with Crippen LogP contribution in [0.15, 0.2) is 73.1 Å². The molecule has 5 nitrogen and oxygen atoms in total. The van der Waals surface area contributed by atoms with Crippen molar-refractivity contribution in [2.24, 2.45) is 0 Å². The number of piperidine rings is 1. The van der Waals surface area contributed by atoms with Crippen LogP contribution in [0.3, 0.4) is 0 Å². The van der Waals surface area contributed by atoms with Crippen LogP contribution in [0.1, 0.15) is 24.0 Å². The Kier molecular flexibility index (Phi) is 5.49. The fraction of sp³-hybridized carbons (Fsp3) is 0.333. The maximum absolute atomic E-state index is 13.7. The summed E-state index contributed by atoms with van der Waals surface area (Å²) in [6.07, 6.45) is 5.55. The fourth-order valence-electron chi connectivity index (χ4n) is 4.26. The summed E-state index contributed by atoms with van der Waals surface area (Å²) in [5.74, 6) is 0.198. The number of rotatable bonds is 5. The Hall–Kier alpha value is -2.92. The normalized spacial score (nSPS) is 16.5. The molecule has 0 spiro atoms.